The molecule has 29 heavy (non-hydrogen) atoms. The first kappa shape index (κ1) is 19.3. The number of benzene rings is 3. The van der Waals surface area contributed by atoms with Crippen molar-refractivity contribution >= 4 is 11.0 Å². The first-order valence-corrected chi connectivity index (χ1v) is 10.3. The lowest BCUT2D eigenvalue weighted by Gasteiger charge is -2.13. The third-order valence-corrected chi connectivity index (χ3v) is 5.39. The molecule has 0 amide bonds. The number of hydrogen-bond donors (Lipinski definition) is 0. The highest BCUT2D eigenvalue weighted by molar-refractivity contribution is 5.81. The fourth-order valence-electron chi connectivity index (χ4n) is 3.94. The molecule has 0 radical (unpaired) electrons. The number of rotatable bonds is 6. The van der Waals surface area contributed by atoms with Gasteiger partial charge in [0, 0.05) is 12.1 Å². The summed E-state index contributed by atoms with van der Waals surface area (Å²) in [6.45, 7) is 10.1. The van der Waals surface area contributed by atoms with Crippen molar-refractivity contribution in [2.45, 2.75) is 40.7 Å². The zero-order valence-electron chi connectivity index (χ0n) is 17.7. The average Bonchev–Trinajstić information content (AvgIpc) is 3.05. The summed E-state index contributed by atoms with van der Waals surface area (Å²) < 4.78 is 8.39. The zero-order chi connectivity index (χ0) is 20.4. The highest BCUT2D eigenvalue weighted by atomic mass is 16.5. The van der Waals surface area contributed by atoms with E-state index in [9.17, 15) is 0 Å². The molecule has 0 saturated carbocycles. The van der Waals surface area contributed by atoms with E-state index in [0.29, 0.717) is 6.61 Å². The van der Waals surface area contributed by atoms with E-state index >= 15 is 0 Å². The highest BCUT2D eigenvalue weighted by Gasteiger charge is 2.14. The van der Waals surface area contributed by atoms with Crippen molar-refractivity contribution in [3.63, 3.8) is 0 Å². The quantitative estimate of drug-likeness (QED) is 0.359. The molecule has 1 heterocycles. The molecule has 4 aromatic rings. The van der Waals surface area contributed by atoms with Crippen molar-refractivity contribution < 1.29 is 4.74 Å². The van der Waals surface area contributed by atoms with Crippen molar-refractivity contribution in [3.8, 4) is 17.1 Å². The summed E-state index contributed by atoms with van der Waals surface area (Å²) in [5.41, 5.74) is 8.39. The van der Waals surface area contributed by atoms with Crippen LogP contribution in [0.15, 0.2) is 60.7 Å². The van der Waals surface area contributed by atoms with E-state index in [2.05, 4.69) is 92.9 Å². The summed E-state index contributed by atoms with van der Waals surface area (Å²) in [6, 6.07) is 21.3. The van der Waals surface area contributed by atoms with Gasteiger partial charge in [0.2, 0.25) is 0 Å². The predicted molar refractivity (Wildman–Crippen MR) is 121 cm³/mol. The van der Waals surface area contributed by atoms with Crippen LogP contribution in [-0.2, 0) is 6.54 Å². The topological polar surface area (TPSA) is 27.1 Å². The van der Waals surface area contributed by atoms with Crippen LogP contribution in [0.2, 0.25) is 0 Å². The number of imidazole rings is 1. The molecule has 0 N–H and O–H groups in total. The number of ether oxygens (including phenoxy) is 1. The van der Waals surface area contributed by atoms with Gasteiger partial charge in [0.1, 0.15) is 11.6 Å². The zero-order valence-corrected chi connectivity index (χ0v) is 17.7. The Labute approximate surface area is 173 Å². The first-order valence-electron chi connectivity index (χ1n) is 10.3. The van der Waals surface area contributed by atoms with Crippen LogP contribution >= 0.6 is 0 Å². The van der Waals surface area contributed by atoms with Gasteiger partial charge < -0.3 is 9.30 Å². The van der Waals surface area contributed by atoms with Gasteiger partial charge in [-0.3, -0.25) is 0 Å². The summed E-state index contributed by atoms with van der Waals surface area (Å²) >= 11 is 0. The van der Waals surface area contributed by atoms with Crippen LogP contribution in [0.4, 0.5) is 0 Å². The van der Waals surface area contributed by atoms with E-state index in [1.54, 1.807) is 0 Å². The molecular formula is C26H28N2O. The molecule has 0 saturated heterocycles. The molecule has 0 aliphatic heterocycles. The van der Waals surface area contributed by atoms with Gasteiger partial charge in [0.05, 0.1) is 17.6 Å². The molecule has 0 aliphatic rings. The minimum absolute atomic E-state index is 0.683. The second kappa shape index (κ2) is 8.12. The van der Waals surface area contributed by atoms with Crippen molar-refractivity contribution in [1.29, 1.82) is 0 Å². The summed E-state index contributed by atoms with van der Waals surface area (Å²) in [5.74, 6) is 2.01. The van der Waals surface area contributed by atoms with E-state index < -0.39 is 0 Å². The maximum Gasteiger partial charge on any atom is 0.141 e. The lowest BCUT2D eigenvalue weighted by molar-refractivity contribution is 0.301. The van der Waals surface area contributed by atoms with Crippen LogP contribution in [0.5, 0.6) is 5.75 Å². The Morgan fingerprint density at radius 1 is 0.828 bits per heavy atom. The number of para-hydroxylation sites is 2. The molecule has 0 unspecified atom stereocenters. The standard InChI is InChI=1S/C26H28N2O/c1-18-10-12-22(20(3)16-18)26-27-23-8-5-6-9-24(23)28(26)14-7-15-29-25-13-11-19(2)17-21(25)4/h5-6,8-13,16-17H,7,14-15H2,1-4H3. The molecule has 0 spiro atoms. The molecule has 0 atom stereocenters. The van der Waals surface area contributed by atoms with Crippen LogP contribution < -0.4 is 4.74 Å². The minimum Gasteiger partial charge on any atom is -0.493 e. The molecule has 3 nitrogen and oxygen atoms in total. The van der Waals surface area contributed by atoms with E-state index in [1.807, 2.05) is 0 Å². The Morgan fingerprint density at radius 3 is 2.31 bits per heavy atom. The normalized spacial score (nSPS) is 11.2. The molecule has 1 aromatic heterocycles. The monoisotopic (exact) mass is 384 g/mol. The maximum atomic E-state index is 6.05. The van der Waals surface area contributed by atoms with Crippen molar-refractivity contribution in [2.75, 3.05) is 6.61 Å². The van der Waals surface area contributed by atoms with Crippen LogP contribution in [0.25, 0.3) is 22.4 Å². The van der Waals surface area contributed by atoms with Gasteiger partial charge >= 0.3 is 0 Å². The lowest BCUT2D eigenvalue weighted by atomic mass is 10.1. The molecule has 0 aliphatic carbocycles. The van der Waals surface area contributed by atoms with Gasteiger partial charge in [0.15, 0.2) is 0 Å². The SMILES string of the molecule is Cc1ccc(OCCCn2c(-c3ccc(C)cc3C)nc3ccccc32)c(C)c1. The smallest absolute Gasteiger partial charge is 0.141 e. The predicted octanol–water partition coefficient (Wildman–Crippen LogP) is 6.41. The largest absolute Gasteiger partial charge is 0.493 e. The van der Waals surface area contributed by atoms with Gasteiger partial charge in [-0.05, 0) is 63.4 Å². The molecule has 148 valence electrons. The molecule has 3 aromatic carbocycles. The van der Waals surface area contributed by atoms with Crippen LogP contribution in [0.3, 0.4) is 0 Å². The minimum atomic E-state index is 0.683. The van der Waals surface area contributed by atoms with Gasteiger partial charge in [-0.1, -0.05) is 53.6 Å². The number of hydrogen-bond acceptors (Lipinski definition) is 2. The molecular weight excluding hydrogens is 356 g/mol. The Balaban J connectivity index is 1.57. The van der Waals surface area contributed by atoms with Gasteiger partial charge in [0.25, 0.3) is 0 Å². The Hall–Kier alpha value is -3.07. The number of aryl methyl sites for hydroxylation is 5. The molecule has 4 rings (SSSR count). The summed E-state index contributed by atoms with van der Waals surface area (Å²) in [7, 11) is 0. The van der Waals surface area contributed by atoms with Gasteiger partial charge in [-0.25, -0.2) is 4.98 Å². The van der Waals surface area contributed by atoms with E-state index in [-0.39, 0.29) is 0 Å². The Kier molecular flexibility index (Phi) is 5.39. The van der Waals surface area contributed by atoms with Crippen molar-refractivity contribution in [3.05, 3.63) is 82.9 Å². The van der Waals surface area contributed by atoms with E-state index in [1.165, 1.54) is 33.3 Å². The van der Waals surface area contributed by atoms with E-state index in [0.717, 1.165) is 30.1 Å². The average molecular weight is 385 g/mol. The second-order valence-corrected chi connectivity index (χ2v) is 7.87. The van der Waals surface area contributed by atoms with Gasteiger partial charge in [-0.2, -0.15) is 0 Å². The third-order valence-electron chi connectivity index (χ3n) is 5.39. The maximum absolute atomic E-state index is 6.05. The fraction of sp³-hybridized carbons (Fsp3) is 0.269. The number of aromatic nitrogens is 2. The van der Waals surface area contributed by atoms with Crippen LogP contribution in [-0.4, -0.2) is 16.2 Å². The Morgan fingerprint density at radius 2 is 1.55 bits per heavy atom. The first-order chi connectivity index (χ1) is 14.0. The number of fused-ring (bicyclic) bond motifs is 1. The van der Waals surface area contributed by atoms with E-state index in [4.69, 9.17) is 9.72 Å². The van der Waals surface area contributed by atoms with Gasteiger partial charge in [-0.15, -0.1) is 0 Å². The van der Waals surface area contributed by atoms with Crippen molar-refractivity contribution in [1.82, 2.24) is 9.55 Å². The number of nitrogens with zero attached hydrogens (tertiary/aromatic N) is 2. The molecule has 0 fully saturated rings. The third kappa shape index (κ3) is 4.04. The van der Waals surface area contributed by atoms with Crippen molar-refractivity contribution in [2.24, 2.45) is 0 Å². The summed E-state index contributed by atoms with van der Waals surface area (Å²) in [5, 5.41) is 0. The van der Waals surface area contributed by atoms with Crippen LogP contribution in [0, 0.1) is 27.7 Å². The lowest BCUT2D eigenvalue weighted by Crippen LogP contribution is -2.07. The molecule has 3 heteroatoms. The summed E-state index contributed by atoms with van der Waals surface area (Å²) in [4.78, 5) is 4.96. The Bertz CT molecular complexity index is 1160. The second-order valence-electron chi connectivity index (χ2n) is 7.87. The highest BCUT2D eigenvalue weighted by Crippen LogP contribution is 2.28. The molecule has 0 bridgehead atoms. The van der Waals surface area contributed by atoms with Crippen LogP contribution in [0.1, 0.15) is 28.7 Å². The fourth-order valence-corrected chi connectivity index (χ4v) is 3.94. The summed E-state index contributed by atoms with van der Waals surface area (Å²) in [6.07, 6.45) is 0.922.